The topological polar surface area (TPSA) is 85.4 Å². The van der Waals surface area contributed by atoms with E-state index in [0.29, 0.717) is 11.4 Å². The molecule has 1 aromatic heterocycles. The summed E-state index contributed by atoms with van der Waals surface area (Å²) in [6.07, 6.45) is 2.66. The Balaban J connectivity index is 2.12. The summed E-state index contributed by atoms with van der Waals surface area (Å²) in [6.45, 7) is 0. The molecule has 24 heavy (non-hydrogen) atoms. The number of nitrogens with zero attached hydrogens (tertiary/aromatic N) is 1. The van der Waals surface area contributed by atoms with E-state index >= 15 is 0 Å². The fraction of sp³-hybridized carbons (Fsp3) is 0.0667. The summed E-state index contributed by atoms with van der Waals surface area (Å²) in [5.41, 5.74) is 0.342. The second-order valence-electron chi connectivity index (χ2n) is 4.54. The van der Waals surface area contributed by atoms with Crippen LogP contribution in [0.15, 0.2) is 41.9 Å². The molecule has 0 atom stereocenters. The molecular weight excluding hydrogens is 359 g/mol. The lowest BCUT2D eigenvalue weighted by Gasteiger charge is -2.05. The van der Waals surface area contributed by atoms with E-state index in [0.717, 1.165) is 23.6 Å². The molecule has 0 radical (unpaired) electrons. The quantitative estimate of drug-likeness (QED) is 0.874. The average Bonchev–Trinajstić information content (AvgIpc) is 2.53. The molecule has 0 aliphatic heterocycles. The minimum Gasteiger partial charge on any atom is -0.481 e. The molecule has 0 saturated carbocycles. The maximum absolute atomic E-state index is 13.0. The van der Waals surface area contributed by atoms with Crippen LogP contribution in [0.3, 0.4) is 0 Å². The van der Waals surface area contributed by atoms with E-state index in [4.69, 9.17) is 16.3 Å². The van der Waals surface area contributed by atoms with Crippen LogP contribution in [0.25, 0.3) is 6.08 Å². The minimum absolute atomic E-state index is 0.152. The Morgan fingerprint density at radius 3 is 2.67 bits per heavy atom. The van der Waals surface area contributed by atoms with Gasteiger partial charge in [-0.3, -0.25) is 4.79 Å². The number of hydrogen-bond acceptors (Lipinski definition) is 5. The zero-order valence-corrected chi connectivity index (χ0v) is 13.9. The van der Waals surface area contributed by atoms with E-state index in [1.807, 2.05) is 4.72 Å². The van der Waals surface area contributed by atoms with Gasteiger partial charge in [0, 0.05) is 12.3 Å². The Morgan fingerprint density at radius 2 is 2.08 bits per heavy atom. The van der Waals surface area contributed by atoms with E-state index in [1.54, 1.807) is 12.1 Å². The van der Waals surface area contributed by atoms with Crippen LogP contribution in [0.4, 0.5) is 4.39 Å². The largest absolute Gasteiger partial charge is 0.481 e. The first-order valence-corrected chi connectivity index (χ1v) is 8.43. The van der Waals surface area contributed by atoms with Crippen LogP contribution in [-0.4, -0.2) is 26.4 Å². The first kappa shape index (κ1) is 17.9. The molecule has 0 fully saturated rings. The fourth-order valence-electron chi connectivity index (χ4n) is 1.67. The summed E-state index contributed by atoms with van der Waals surface area (Å²) in [7, 11) is -2.60. The molecule has 2 rings (SSSR count). The summed E-state index contributed by atoms with van der Waals surface area (Å²) >= 11 is 5.72. The van der Waals surface area contributed by atoms with Gasteiger partial charge in [-0.25, -0.2) is 22.5 Å². The average molecular weight is 371 g/mol. The predicted octanol–water partition coefficient (Wildman–Crippen LogP) is 2.61. The van der Waals surface area contributed by atoms with Crippen LogP contribution < -0.4 is 9.46 Å². The van der Waals surface area contributed by atoms with Crippen molar-refractivity contribution in [1.29, 1.82) is 0 Å². The van der Waals surface area contributed by atoms with E-state index in [-0.39, 0.29) is 10.6 Å². The van der Waals surface area contributed by atoms with Crippen molar-refractivity contribution in [1.82, 2.24) is 9.71 Å². The van der Waals surface area contributed by atoms with E-state index in [2.05, 4.69) is 4.98 Å². The highest BCUT2D eigenvalue weighted by Gasteiger charge is 2.16. The highest BCUT2D eigenvalue weighted by Crippen LogP contribution is 2.17. The Kier molecular flexibility index (Phi) is 5.53. The van der Waals surface area contributed by atoms with Crippen molar-refractivity contribution in [3.63, 3.8) is 0 Å². The van der Waals surface area contributed by atoms with Crippen molar-refractivity contribution in [2.24, 2.45) is 0 Å². The molecule has 1 aromatic carbocycles. The van der Waals surface area contributed by atoms with Crippen LogP contribution >= 0.6 is 11.6 Å². The van der Waals surface area contributed by atoms with Gasteiger partial charge in [0.15, 0.2) is 0 Å². The molecule has 1 amide bonds. The summed E-state index contributed by atoms with van der Waals surface area (Å²) in [5.74, 6) is -1.21. The number of amides is 1. The Labute approximate surface area is 143 Å². The smallest absolute Gasteiger partial charge is 0.266 e. The summed E-state index contributed by atoms with van der Waals surface area (Å²) in [4.78, 5) is 15.8. The third kappa shape index (κ3) is 4.77. The van der Waals surface area contributed by atoms with Crippen LogP contribution in [0.1, 0.15) is 15.9 Å². The lowest BCUT2D eigenvalue weighted by atomic mass is 10.2. The maximum atomic E-state index is 13.0. The van der Waals surface area contributed by atoms with Gasteiger partial charge in [0.25, 0.3) is 15.9 Å². The molecular formula is C15H12ClFN2O4S. The number of benzene rings is 1. The third-order valence-electron chi connectivity index (χ3n) is 2.82. The van der Waals surface area contributed by atoms with Gasteiger partial charge in [-0.1, -0.05) is 11.6 Å². The number of nitrogens with one attached hydrogen (secondary N) is 1. The van der Waals surface area contributed by atoms with Gasteiger partial charge in [0.05, 0.1) is 23.1 Å². The number of sulfonamides is 1. The number of rotatable bonds is 5. The second-order valence-corrected chi connectivity index (χ2v) is 6.51. The van der Waals surface area contributed by atoms with Crippen molar-refractivity contribution in [2.75, 3.05) is 7.11 Å². The molecule has 0 aliphatic rings. The number of pyridine rings is 1. The lowest BCUT2D eigenvalue weighted by molar-refractivity contribution is 0.0982. The zero-order valence-electron chi connectivity index (χ0n) is 12.4. The van der Waals surface area contributed by atoms with Crippen molar-refractivity contribution < 1.29 is 22.3 Å². The Bertz CT molecular complexity index is 883. The van der Waals surface area contributed by atoms with Gasteiger partial charge >= 0.3 is 0 Å². The third-order valence-corrected chi connectivity index (χ3v) is 4.10. The van der Waals surface area contributed by atoms with Crippen LogP contribution in [-0.2, 0) is 10.0 Å². The Hall–Kier alpha value is -2.45. The first-order chi connectivity index (χ1) is 11.3. The molecule has 126 valence electrons. The standard InChI is InChI=1S/C15H12ClFN2O4S/c1-23-14-5-2-10(9-18-14)6-7-24(21,22)19-15(20)12-4-3-11(17)8-13(12)16/h2-9H,1H3,(H,19,20)/b7-6+. The van der Waals surface area contributed by atoms with E-state index in [1.165, 1.54) is 19.4 Å². The molecule has 0 unspecified atom stereocenters. The van der Waals surface area contributed by atoms with Gasteiger partial charge in [-0.05, 0) is 35.9 Å². The normalized spacial score (nSPS) is 11.5. The lowest BCUT2D eigenvalue weighted by Crippen LogP contribution is -2.29. The number of ether oxygens (including phenoxy) is 1. The molecule has 2 aromatic rings. The fourth-order valence-corrected chi connectivity index (χ4v) is 2.70. The first-order valence-electron chi connectivity index (χ1n) is 6.51. The van der Waals surface area contributed by atoms with Crippen LogP contribution in [0.2, 0.25) is 5.02 Å². The number of carbonyl (C=O) groups excluding carboxylic acids is 1. The molecule has 0 aliphatic carbocycles. The van der Waals surface area contributed by atoms with Gasteiger partial charge in [-0.15, -0.1) is 0 Å². The molecule has 0 spiro atoms. The molecule has 1 heterocycles. The number of aromatic nitrogens is 1. The Morgan fingerprint density at radius 1 is 1.33 bits per heavy atom. The molecule has 1 N–H and O–H groups in total. The maximum Gasteiger partial charge on any atom is 0.266 e. The van der Waals surface area contributed by atoms with Crippen LogP contribution in [0.5, 0.6) is 5.88 Å². The molecule has 0 saturated heterocycles. The van der Waals surface area contributed by atoms with Crippen LogP contribution in [0, 0.1) is 5.82 Å². The second kappa shape index (κ2) is 7.41. The predicted molar refractivity (Wildman–Crippen MR) is 87.6 cm³/mol. The van der Waals surface area contributed by atoms with Gasteiger partial charge in [0.1, 0.15) is 5.82 Å². The summed E-state index contributed by atoms with van der Waals surface area (Å²) < 4.78 is 43.5. The van der Waals surface area contributed by atoms with E-state index in [9.17, 15) is 17.6 Å². The summed E-state index contributed by atoms with van der Waals surface area (Å²) in [6, 6.07) is 6.17. The summed E-state index contributed by atoms with van der Waals surface area (Å²) in [5, 5.41) is 0.622. The van der Waals surface area contributed by atoms with Crippen molar-refractivity contribution in [2.45, 2.75) is 0 Å². The number of methoxy groups -OCH3 is 1. The number of halogens is 2. The zero-order chi connectivity index (χ0) is 17.7. The van der Waals surface area contributed by atoms with Crippen molar-refractivity contribution >= 4 is 33.6 Å². The monoisotopic (exact) mass is 370 g/mol. The van der Waals surface area contributed by atoms with Crippen molar-refractivity contribution in [3.05, 3.63) is 63.9 Å². The molecule has 6 nitrogen and oxygen atoms in total. The van der Waals surface area contributed by atoms with Gasteiger partial charge in [-0.2, -0.15) is 0 Å². The molecule has 9 heteroatoms. The van der Waals surface area contributed by atoms with Gasteiger partial charge in [0.2, 0.25) is 5.88 Å². The number of hydrogen-bond donors (Lipinski definition) is 1. The van der Waals surface area contributed by atoms with Crippen molar-refractivity contribution in [3.8, 4) is 5.88 Å². The highest BCUT2D eigenvalue weighted by molar-refractivity contribution is 7.93. The SMILES string of the molecule is COc1ccc(/C=C/S(=O)(=O)NC(=O)c2ccc(F)cc2Cl)cn1. The highest BCUT2D eigenvalue weighted by atomic mass is 35.5. The van der Waals surface area contributed by atoms with Gasteiger partial charge < -0.3 is 4.74 Å². The minimum atomic E-state index is -4.06. The number of carbonyl (C=O) groups is 1. The molecule has 0 bridgehead atoms. The van der Waals surface area contributed by atoms with E-state index < -0.39 is 21.7 Å².